The monoisotopic (exact) mass is 273 g/mol. The van der Waals surface area contributed by atoms with Crippen LogP contribution in [0.15, 0.2) is 35.1 Å². The molecule has 2 aromatic rings. The summed E-state index contributed by atoms with van der Waals surface area (Å²) in [5.41, 5.74) is 0.523. The molecule has 0 fully saturated rings. The first kappa shape index (κ1) is 14.3. The molecular weight excluding hydrogens is 254 g/mol. The number of para-hydroxylation sites is 1. The Balaban J connectivity index is 2.61. The number of rotatable bonds is 5. The zero-order valence-electron chi connectivity index (χ0n) is 11.8. The number of carbonyl (C=O) groups is 1. The number of carboxylic acid groups (broad SMARTS) is 1. The maximum atomic E-state index is 12.2. The summed E-state index contributed by atoms with van der Waals surface area (Å²) >= 11 is 0. The van der Waals surface area contributed by atoms with Crippen LogP contribution in [-0.2, 0) is 6.54 Å². The predicted molar refractivity (Wildman–Crippen MR) is 79.2 cm³/mol. The molecule has 1 heterocycles. The van der Waals surface area contributed by atoms with E-state index in [1.165, 1.54) is 6.07 Å². The maximum absolute atomic E-state index is 12.2. The van der Waals surface area contributed by atoms with Crippen LogP contribution >= 0.6 is 0 Å². The van der Waals surface area contributed by atoms with E-state index in [-0.39, 0.29) is 11.1 Å². The van der Waals surface area contributed by atoms with Crippen molar-refractivity contribution in [3.8, 4) is 0 Å². The molecule has 4 nitrogen and oxygen atoms in total. The molecular formula is C16H19NO3. The van der Waals surface area contributed by atoms with Crippen LogP contribution in [0.5, 0.6) is 0 Å². The van der Waals surface area contributed by atoms with Crippen molar-refractivity contribution in [2.45, 2.75) is 33.2 Å². The van der Waals surface area contributed by atoms with Gasteiger partial charge in [0.2, 0.25) is 0 Å². The predicted octanol–water partition coefficient (Wildman–Crippen LogP) is 3.14. The van der Waals surface area contributed by atoms with Gasteiger partial charge >= 0.3 is 5.97 Å². The van der Waals surface area contributed by atoms with E-state index in [1.54, 1.807) is 16.7 Å². The van der Waals surface area contributed by atoms with E-state index in [1.807, 2.05) is 12.1 Å². The summed E-state index contributed by atoms with van der Waals surface area (Å²) in [5.74, 6) is -0.677. The molecule has 0 aliphatic heterocycles. The van der Waals surface area contributed by atoms with Gasteiger partial charge in [-0.2, -0.15) is 0 Å². The highest BCUT2D eigenvalue weighted by Crippen LogP contribution is 2.18. The van der Waals surface area contributed by atoms with Crippen LogP contribution in [0.25, 0.3) is 10.9 Å². The van der Waals surface area contributed by atoms with Crippen molar-refractivity contribution >= 4 is 16.9 Å². The van der Waals surface area contributed by atoms with Crippen LogP contribution in [0.2, 0.25) is 0 Å². The molecule has 4 heteroatoms. The molecule has 0 saturated carbocycles. The summed E-state index contributed by atoms with van der Waals surface area (Å²) in [4.78, 5) is 23.5. The zero-order chi connectivity index (χ0) is 14.7. The zero-order valence-corrected chi connectivity index (χ0v) is 11.8. The lowest BCUT2D eigenvalue weighted by Gasteiger charge is -2.16. The molecule has 20 heavy (non-hydrogen) atoms. The Morgan fingerprint density at radius 3 is 2.70 bits per heavy atom. The van der Waals surface area contributed by atoms with Crippen LogP contribution < -0.4 is 5.56 Å². The first-order valence-electron chi connectivity index (χ1n) is 6.90. The van der Waals surface area contributed by atoms with E-state index >= 15 is 0 Å². The van der Waals surface area contributed by atoms with Gasteiger partial charge in [0.25, 0.3) is 5.56 Å². The van der Waals surface area contributed by atoms with Crippen molar-refractivity contribution in [3.05, 3.63) is 46.2 Å². The number of hydrogen-bond acceptors (Lipinski definition) is 2. The first-order chi connectivity index (χ1) is 9.54. The molecule has 0 aliphatic carbocycles. The Kier molecular flexibility index (Phi) is 4.23. The van der Waals surface area contributed by atoms with Gasteiger partial charge in [0.1, 0.15) is 0 Å². The van der Waals surface area contributed by atoms with Gasteiger partial charge in [-0.05, 0) is 18.4 Å². The topological polar surface area (TPSA) is 59.3 Å². The van der Waals surface area contributed by atoms with Crippen LogP contribution in [0.1, 0.15) is 37.0 Å². The molecule has 0 saturated heterocycles. The summed E-state index contributed by atoms with van der Waals surface area (Å²) in [6.45, 7) is 4.84. The van der Waals surface area contributed by atoms with Crippen molar-refractivity contribution in [1.82, 2.24) is 4.57 Å². The van der Waals surface area contributed by atoms with Crippen LogP contribution in [0, 0.1) is 5.92 Å². The lowest BCUT2D eigenvalue weighted by Crippen LogP contribution is -2.24. The van der Waals surface area contributed by atoms with Crippen LogP contribution in [-0.4, -0.2) is 15.6 Å². The minimum Gasteiger partial charge on any atom is -0.478 e. The minimum absolute atomic E-state index is 0.0741. The molecule has 0 aliphatic rings. The summed E-state index contributed by atoms with van der Waals surface area (Å²) in [6, 6.07) is 8.40. The summed E-state index contributed by atoms with van der Waals surface area (Å²) < 4.78 is 1.68. The summed E-state index contributed by atoms with van der Waals surface area (Å²) in [7, 11) is 0. The third-order valence-electron chi connectivity index (χ3n) is 3.52. The SMILES string of the molecule is CCCC(C)Cn1c(=O)cc(C(=O)O)c2ccccc21. The maximum Gasteiger partial charge on any atom is 0.336 e. The molecule has 1 aromatic carbocycles. The van der Waals surface area contributed by atoms with Crippen molar-refractivity contribution in [2.24, 2.45) is 5.92 Å². The molecule has 0 spiro atoms. The number of aromatic nitrogens is 1. The number of benzene rings is 1. The normalized spacial score (nSPS) is 12.5. The molecule has 0 radical (unpaired) electrons. The van der Waals surface area contributed by atoms with E-state index < -0.39 is 5.97 Å². The van der Waals surface area contributed by atoms with E-state index in [2.05, 4.69) is 13.8 Å². The van der Waals surface area contributed by atoms with Gasteiger partial charge in [-0.15, -0.1) is 0 Å². The quantitative estimate of drug-likeness (QED) is 0.910. The van der Waals surface area contributed by atoms with Gasteiger partial charge < -0.3 is 9.67 Å². The molecule has 2 rings (SSSR count). The fourth-order valence-electron chi connectivity index (χ4n) is 2.60. The number of aromatic carboxylic acids is 1. The smallest absolute Gasteiger partial charge is 0.336 e. The first-order valence-corrected chi connectivity index (χ1v) is 6.90. The number of carboxylic acids is 1. The van der Waals surface area contributed by atoms with Crippen molar-refractivity contribution in [3.63, 3.8) is 0 Å². The Morgan fingerprint density at radius 1 is 1.35 bits per heavy atom. The standard InChI is InChI=1S/C16H19NO3/c1-3-6-11(2)10-17-14-8-5-4-7-12(14)13(16(19)20)9-15(17)18/h4-5,7-9,11H,3,6,10H2,1-2H3,(H,19,20). The lowest BCUT2D eigenvalue weighted by molar-refractivity contribution is 0.0698. The lowest BCUT2D eigenvalue weighted by atomic mass is 10.0. The van der Waals surface area contributed by atoms with Crippen LogP contribution in [0.4, 0.5) is 0 Å². The number of pyridine rings is 1. The van der Waals surface area contributed by atoms with E-state index in [9.17, 15) is 14.7 Å². The Bertz CT molecular complexity index is 688. The van der Waals surface area contributed by atoms with E-state index in [0.29, 0.717) is 23.4 Å². The highest BCUT2D eigenvalue weighted by Gasteiger charge is 2.14. The van der Waals surface area contributed by atoms with E-state index in [0.717, 1.165) is 12.8 Å². The largest absolute Gasteiger partial charge is 0.478 e. The second-order valence-electron chi connectivity index (χ2n) is 5.22. The number of nitrogens with zero attached hydrogens (tertiary/aromatic N) is 1. The fraction of sp³-hybridized carbons (Fsp3) is 0.375. The minimum atomic E-state index is -1.06. The molecule has 106 valence electrons. The fourth-order valence-corrected chi connectivity index (χ4v) is 2.60. The third kappa shape index (κ3) is 2.74. The molecule has 1 N–H and O–H groups in total. The highest BCUT2D eigenvalue weighted by atomic mass is 16.4. The number of fused-ring (bicyclic) bond motifs is 1. The van der Waals surface area contributed by atoms with Gasteiger partial charge in [0.05, 0.1) is 11.1 Å². The Hall–Kier alpha value is -2.10. The van der Waals surface area contributed by atoms with Gasteiger partial charge in [-0.25, -0.2) is 4.79 Å². The molecule has 0 bridgehead atoms. The Labute approximate surface area is 117 Å². The third-order valence-corrected chi connectivity index (χ3v) is 3.52. The van der Waals surface area contributed by atoms with Gasteiger partial charge in [-0.1, -0.05) is 38.5 Å². The van der Waals surface area contributed by atoms with E-state index in [4.69, 9.17) is 0 Å². The molecule has 1 atom stereocenters. The van der Waals surface area contributed by atoms with Gasteiger partial charge in [-0.3, -0.25) is 4.79 Å². The van der Waals surface area contributed by atoms with Crippen molar-refractivity contribution in [1.29, 1.82) is 0 Å². The second kappa shape index (κ2) is 5.90. The van der Waals surface area contributed by atoms with Gasteiger partial charge in [0, 0.05) is 18.0 Å². The average Bonchev–Trinajstić information content (AvgIpc) is 2.41. The second-order valence-corrected chi connectivity index (χ2v) is 5.22. The Morgan fingerprint density at radius 2 is 2.05 bits per heavy atom. The van der Waals surface area contributed by atoms with Crippen molar-refractivity contribution < 1.29 is 9.90 Å². The van der Waals surface area contributed by atoms with Crippen LogP contribution in [0.3, 0.4) is 0 Å². The van der Waals surface area contributed by atoms with Crippen molar-refractivity contribution in [2.75, 3.05) is 0 Å². The highest BCUT2D eigenvalue weighted by molar-refractivity contribution is 6.02. The molecule has 1 aromatic heterocycles. The summed E-state index contributed by atoms with van der Waals surface area (Å²) in [6.07, 6.45) is 2.11. The summed E-state index contributed by atoms with van der Waals surface area (Å²) in [5, 5.41) is 9.83. The molecule has 0 amide bonds. The number of hydrogen-bond donors (Lipinski definition) is 1. The van der Waals surface area contributed by atoms with Gasteiger partial charge in [0.15, 0.2) is 0 Å². The molecule has 1 unspecified atom stereocenters. The average molecular weight is 273 g/mol.